The third-order valence-corrected chi connectivity index (χ3v) is 5.13. The summed E-state index contributed by atoms with van der Waals surface area (Å²) in [5, 5.41) is 3.55. The minimum absolute atomic E-state index is 0. The van der Waals surface area contributed by atoms with Gasteiger partial charge in [-0.25, -0.2) is 0 Å². The summed E-state index contributed by atoms with van der Waals surface area (Å²) in [4.78, 5) is 6.83. The molecule has 5 nitrogen and oxygen atoms in total. The minimum Gasteiger partial charge on any atom is -0.382 e. The van der Waals surface area contributed by atoms with Crippen molar-refractivity contribution in [2.24, 2.45) is 16.8 Å². The lowest BCUT2D eigenvalue weighted by atomic mass is 10.0. The van der Waals surface area contributed by atoms with Gasteiger partial charge in [0.2, 0.25) is 0 Å². The third-order valence-electron chi connectivity index (χ3n) is 5.13. The molecule has 0 radical (unpaired) electrons. The number of nitrogens with zero attached hydrogens (tertiary/aromatic N) is 2. The molecule has 0 spiro atoms. The molecule has 1 heterocycles. The molecule has 24 heavy (non-hydrogen) atoms. The number of nitrogens with one attached hydrogen (secondary N) is 1. The molecule has 2 rings (SSSR count). The van der Waals surface area contributed by atoms with Crippen LogP contribution in [0.4, 0.5) is 0 Å². The Morgan fingerprint density at radius 2 is 1.96 bits per heavy atom. The van der Waals surface area contributed by atoms with Crippen molar-refractivity contribution in [3.05, 3.63) is 0 Å². The molecule has 2 fully saturated rings. The van der Waals surface area contributed by atoms with Crippen molar-refractivity contribution in [3.63, 3.8) is 0 Å². The second kappa shape index (κ2) is 13.2. The van der Waals surface area contributed by atoms with Crippen LogP contribution in [-0.2, 0) is 9.47 Å². The normalized spacial score (nSPS) is 22.0. The van der Waals surface area contributed by atoms with E-state index >= 15 is 0 Å². The first-order chi connectivity index (χ1) is 11.3. The van der Waals surface area contributed by atoms with Gasteiger partial charge in [0.05, 0.1) is 19.8 Å². The largest absolute Gasteiger partial charge is 0.382 e. The monoisotopic (exact) mass is 453 g/mol. The highest BCUT2D eigenvalue weighted by Crippen LogP contribution is 2.28. The smallest absolute Gasteiger partial charge is 0.193 e. The fraction of sp³-hybridized carbons (Fsp3) is 0.944. The summed E-state index contributed by atoms with van der Waals surface area (Å²) in [6, 6.07) is 0. The third kappa shape index (κ3) is 7.87. The fourth-order valence-electron chi connectivity index (χ4n) is 3.78. The van der Waals surface area contributed by atoms with Crippen LogP contribution in [0.2, 0.25) is 0 Å². The summed E-state index contributed by atoms with van der Waals surface area (Å²) < 4.78 is 10.7. The molecular weight excluding hydrogens is 417 g/mol. The average molecular weight is 453 g/mol. The Bertz CT molecular complexity index is 349. The molecule has 0 aromatic carbocycles. The highest BCUT2D eigenvalue weighted by molar-refractivity contribution is 14.0. The molecule has 1 saturated carbocycles. The van der Waals surface area contributed by atoms with E-state index in [-0.39, 0.29) is 24.0 Å². The second-order valence-electron chi connectivity index (χ2n) is 6.94. The summed E-state index contributed by atoms with van der Waals surface area (Å²) in [5.41, 5.74) is 0. The van der Waals surface area contributed by atoms with Crippen molar-refractivity contribution < 1.29 is 9.47 Å². The van der Waals surface area contributed by atoms with Crippen molar-refractivity contribution in [3.8, 4) is 0 Å². The molecule has 1 saturated heterocycles. The van der Waals surface area contributed by atoms with Crippen LogP contribution in [-0.4, -0.2) is 64.5 Å². The molecule has 6 heteroatoms. The molecule has 1 atom stereocenters. The van der Waals surface area contributed by atoms with Crippen LogP contribution < -0.4 is 5.32 Å². The first kappa shape index (κ1) is 22.0. The van der Waals surface area contributed by atoms with Crippen LogP contribution in [0.5, 0.6) is 0 Å². The topological polar surface area (TPSA) is 46.1 Å². The van der Waals surface area contributed by atoms with E-state index in [0.29, 0.717) is 19.1 Å². The maximum atomic E-state index is 5.66. The molecule has 0 aromatic heterocycles. The zero-order valence-electron chi connectivity index (χ0n) is 15.5. The SMILES string of the molecule is CN=C(NCCCC1CCCC1)N1CCC(COCCOC)C1.I. The van der Waals surface area contributed by atoms with Crippen LogP contribution >= 0.6 is 24.0 Å². The summed E-state index contributed by atoms with van der Waals surface area (Å²) in [6.07, 6.45) is 9.62. The molecule has 1 aliphatic carbocycles. The average Bonchev–Trinajstić information content (AvgIpc) is 3.23. The number of aliphatic imine (C=N–C) groups is 1. The van der Waals surface area contributed by atoms with Gasteiger partial charge in [-0.15, -0.1) is 24.0 Å². The number of rotatable bonds is 9. The lowest BCUT2D eigenvalue weighted by Gasteiger charge is -2.22. The lowest BCUT2D eigenvalue weighted by Crippen LogP contribution is -2.40. The maximum Gasteiger partial charge on any atom is 0.193 e. The fourth-order valence-corrected chi connectivity index (χ4v) is 3.78. The highest BCUT2D eigenvalue weighted by Gasteiger charge is 2.24. The van der Waals surface area contributed by atoms with Gasteiger partial charge in [0.1, 0.15) is 0 Å². The van der Waals surface area contributed by atoms with Crippen LogP contribution in [0, 0.1) is 11.8 Å². The van der Waals surface area contributed by atoms with Crippen LogP contribution in [0.15, 0.2) is 4.99 Å². The Balaban J connectivity index is 0.00000288. The Hall–Kier alpha value is -0.0800. The Morgan fingerprint density at radius 1 is 1.17 bits per heavy atom. The molecule has 0 aromatic rings. The van der Waals surface area contributed by atoms with E-state index in [1.165, 1.54) is 44.9 Å². The van der Waals surface area contributed by atoms with Crippen LogP contribution in [0.25, 0.3) is 0 Å². The molecule has 1 aliphatic heterocycles. The van der Waals surface area contributed by atoms with Gasteiger partial charge < -0.3 is 19.7 Å². The Kier molecular flexibility index (Phi) is 12.0. The van der Waals surface area contributed by atoms with Crippen molar-refractivity contribution in [1.82, 2.24) is 10.2 Å². The van der Waals surface area contributed by atoms with Gasteiger partial charge in [-0.1, -0.05) is 25.7 Å². The molecule has 0 amide bonds. The summed E-state index contributed by atoms with van der Waals surface area (Å²) in [6.45, 7) is 5.39. The van der Waals surface area contributed by atoms with E-state index in [1.807, 2.05) is 7.05 Å². The quantitative estimate of drug-likeness (QED) is 0.252. The van der Waals surface area contributed by atoms with Crippen LogP contribution in [0.3, 0.4) is 0 Å². The van der Waals surface area contributed by atoms with Gasteiger partial charge >= 0.3 is 0 Å². The van der Waals surface area contributed by atoms with E-state index in [4.69, 9.17) is 9.47 Å². The van der Waals surface area contributed by atoms with Gasteiger partial charge in [0.25, 0.3) is 0 Å². The van der Waals surface area contributed by atoms with Gasteiger partial charge in [0.15, 0.2) is 5.96 Å². The Morgan fingerprint density at radius 3 is 2.67 bits per heavy atom. The first-order valence-corrected chi connectivity index (χ1v) is 9.35. The summed E-state index contributed by atoms with van der Waals surface area (Å²) >= 11 is 0. The van der Waals surface area contributed by atoms with Crippen molar-refractivity contribution >= 4 is 29.9 Å². The lowest BCUT2D eigenvalue weighted by molar-refractivity contribution is 0.0536. The second-order valence-corrected chi connectivity index (χ2v) is 6.94. The number of methoxy groups -OCH3 is 1. The minimum atomic E-state index is 0. The highest BCUT2D eigenvalue weighted by atomic mass is 127. The van der Waals surface area contributed by atoms with E-state index in [9.17, 15) is 0 Å². The zero-order chi connectivity index (χ0) is 16.3. The van der Waals surface area contributed by atoms with Crippen molar-refractivity contribution in [2.75, 3.05) is 53.6 Å². The summed E-state index contributed by atoms with van der Waals surface area (Å²) in [7, 11) is 3.60. The van der Waals surface area contributed by atoms with E-state index in [1.54, 1.807) is 7.11 Å². The number of hydrogen-bond acceptors (Lipinski definition) is 3. The van der Waals surface area contributed by atoms with Gasteiger partial charge in [0, 0.05) is 39.7 Å². The number of hydrogen-bond donors (Lipinski definition) is 1. The van der Waals surface area contributed by atoms with Gasteiger partial charge in [-0.2, -0.15) is 0 Å². The zero-order valence-corrected chi connectivity index (χ0v) is 17.8. The molecule has 142 valence electrons. The van der Waals surface area contributed by atoms with Crippen molar-refractivity contribution in [1.29, 1.82) is 0 Å². The molecule has 1 N–H and O–H groups in total. The molecular formula is C18H36IN3O2. The maximum absolute atomic E-state index is 5.66. The molecule has 2 aliphatic rings. The van der Waals surface area contributed by atoms with Crippen LogP contribution in [0.1, 0.15) is 44.9 Å². The number of likely N-dealkylation sites (tertiary alicyclic amines) is 1. The number of ether oxygens (including phenoxy) is 2. The van der Waals surface area contributed by atoms with E-state index in [0.717, 1.165) is 38.1 Å². The first-order valence-electron chi connectivity index (χ1n) is 9.35. The van der Waals surface area contributed by atoms with Gasteiger partial charge in [-0.05, 0) is 25.2 Å². The van der Waals surface area contributed by atoms with Gasteiger partial charge in [-0.3, -0.25) is 4.99 Å². The molecule has 1 unspecified atom stereocenters. The summed E-state index contributed by atoms with van der Waals surface area (Å²) in [5.74, 6) is 2.67. The number of guanidine groups is 1. The van der Waals surface area contributed by atoms with E-state index < -0.39 is 0 Å². The Labute approximate surface area is 165 Å². The predicted octanol–water partition coefficient (Wildman–Crippen LogP) is 3.14. The predicted molar refractivity (Wildman–Crippen MR) is 110 cm³/mol. The van der Waals surface area contributed by atoms with Crippen molar-refractivity contribution in [2.45, 2.75) is 44.9 Å². The van der Waals surface area contributed by atoms with E-state index in [2.05, 4.69) is 15.2 Å². The number of halogens is 1. The molecule has 0 bridgehead atoms. The standard InChI is InChI=1S/C18H35N3O2.HI/c1-19-18(20-10-5-8-16-6-3-4-7-16)21-11-9-17(14-21)15-23-13-12-22-2;/h16-17H,3-15H2,1-2H3,(H,19,20);1H.